The molecular formula is C23H26N4O3S. The molecule has 7 nitrogen and oxygen atoms in total. The maximum Gasteiger partial charge on any atom is 0.304 e. The standard InChI is InChI=1S/C23H26N4O3S/c1-30-20-10-8-16(13-25-20)19(12-21(28)29)23-26-14-18(31-23)6-2-5-17-9-7-15-4-3-11-24-22(15)27-17/h7-10,13-14,19H,2-6,11-12H2,1H3,(H,24,27)(H,28,29). The summed E-state index contributed by atoms with van der Waals surface area (Å²) in [6.45, 7) is 0.994. The van der Waals surface area contributed by atoms with Crippen LogP contribution in [0.15, 0.2) is 36.7 Å². The molecule has 1 atom stereocenters. The third-order valence-electron chi connectivity index (χ3n) is 5.43. The molecule has 1 unspecified atom stereocenters. The van der Waals surface area contributed by atoms with Gasteiger partial charge in [-0.15, -0.1) is 11.3 Å². The number of pyridine rings is 2. The number of carboxylic acids is 1. The molecule has 1 aliphatic rings. The maximum atomic E-state index is 11.4. The average Bonchev–Trinajstić information content (AvgIpc) is 3.26. The van der Waals surface area contributed by atoms with Crippen molar-refractivity contribution in [3.05, 3.63) is 63.4 Å². The summed E-state index contributed by atoms with van der Waals surface area (Å²) in [6, 6.07) is 7.92. The predicted octanol–water partition coefficient (Wildman–Crippen LogP) is 4.08. The number of aromatic nitrogens is 3. The van der Waals surface area contributed by atoms with E-state index in [1.807, 2.05) is 12.3 Å². The number of nitrogens with zero attached hydrogens (tertiary/aromatic N) is 3. The van der Waals surface area contributed by atoms with Gasteiger partial charge < -0.3 is 15.2 Å². The number of rotatable bonds is 9. The maximum absolute atomic E-state index is 11.4. The fourth-order valence-electron chi connectivity index (χ4n) is 3.79. The molecule has 0 radical (unpaired) electrons. The first kappa shape index (κ1) is 21.2. The summed E-state index contributed by atoms with van der Waals surface area (Å²) in [5.74, 6) is 0.366. The highest BCUT2D eigenvalue weighted by molar-refractivity contribution is 7.11. The molecular weight excluding hydrogens is 412 g/mol. The average molecular weight is 439 g/mol. The number of ether oxygens (including phenoxy) is 1. The topological polar surface area (TPSA) is 97.2 Å². The second-order valence-electron chi connectivity index (χ2n) is 7.64. The number of carbonyl (C=O) groups is 1. The van der Waals surface area contributed by atoms with Crippen LogP contribution in [0.4, 0.5) is 5.82 Å². The van der Waals surface area contributed by atoms with E-state index in [1.54, 1.807) is 30.7 Å². The molecule has 162 valence electrons. The van der Waals surface area contributed by atoms with Gasteiger partial charge in [-0.05, 0) is 49.3 Å². The normalized spacial score (nSPS) is 13.8. The molecule has 0 spiro atoms. The molecule has 0 amide bonds. The van der Waals surface area contributed by atoms with Crippen LogP contribution in [0.2, 0.25) is 0 Å². The van der Waals surface area contributed by atoms with E-state index in [2.05, 4.69) is 27.4 Å². The Kier molecular flexibility index (Phi) is 6.76. The highest BCUT2D eigenvalue weighted by Gasteiger charge is 2.22. The number of anilines is 1. The Bertz CT molecular complexity index is 1040. The van der Waals surface area contributed by atoms with Gasteiger partial charge in [0.15, 0.2) is 0 Å². The lowest BCUT2D eigenvalue weighted by molar-refractivity contribution is -0.137. The first-order valence-electron chi connectivity index (χ1n) is 10.5. The number of fused-ring (bicyclic) bond motifs is 1. The van der Waals surface area contributed by atoms with E-state index in [9.17, 15) is 9.90 Å². The Morgan fingerprint density at radius 2 is 2.13 bits per heavy atom. The summed E-state index contributed by atoms with van der Waals surface area (Å²) in [7, 11) is 1.56. The molecule has 4 heterocycles. The minimum Gasteiger partial charge on any atom is -0.481 e. The monoisotopic (exact) mass is 438 g/mol. The third kappa shape index (κ3) is 5.38. The van der Waals surface area contributed by atoms with E-state index < -0.39 is 5.97 Å². The lowest BCUT2D eigenvalue weighted by Gasteiger charge is -2.17. The van der Waals surface area contributed by atoms with Crippen LogP contribution in [-0.2, 0) is 24.1 Å². The highest BCUT2D eigenvalue weighted by atomic mass is 32.1. The number of aliphatic carboxylic acids is 1. The summed E-state index contributed by atoms with van der Waals surface area (Å²) in [5.41, 5.74) is 3.24. The molecule has 4 rings (SSSR count). The SMILES string of the molecule is COc1ccc(C(CC(=O)O)c2ncc(CCCc3ccc4c(n3)NCCC4)s2)cn1. The zero-order valence-electron chi connectivity index (χ0n) is 17.5. The van der Waals surface area contributed by atoms with E-state index >= 15 is 0 Å². The summed E-state index contributed by atoms with van der Waals surface area (Å²) >= 11 is 1.58. The Hall–Kier alpha value is -3.00. The van der Waals surface area contributed by atoms with Gasteiger partial charge >= 0.3 is 5.97 Å². The molecule has 8 heteroatoms. The molecule has 3 aromatic heterocycles. The quantitative estimate of drug-likeness (QED) is 0.519. The van der Waals surface area contributed by atoms with Gasteiger partial charge in [-0.1, -0.05) is 12.1 Å². The predicted molar refractivity (Wildman–Crippen MR) is 120 cm³/mol. The lowest BCUT2D eigenvalue weighted by Crippen LogP contribution is -2.14. The molecule has 0 saturated heterocycles. The Morgan fingerprint density at radius 3 is 2.90 bits per heavy atom. The Balaban J connectivity index is 1.40. The Morgan fingerprint density at radius 1 is 1.23 bits per heavy atom. The van der Waals surface area contributed by atoms with Crippen LogP contribution >= 0.6 is 11.3 Å². The zero-order chi connectivity index (χ0) is 21.6. The van der Waals surface area contributed by atoms with Crippen LogP contribution < -0.4 is 10.1 Å². The van der Waals surface area contributed by atoms with Crippen molar-refractivity contribution in [3.8, 4) is 5.88 Å². The molecule has 0 aromatic carbocycles. The smallest absolute Gasteiger partial charge is 0.304 e. The van der Waals surface area contributed by atoms with Crippen molar-refractivity contribution in [2.75, 3.05) is 19.0 Å². The van der Waals surface area contributed by atoms with Crippen LogP contribution in [0.5, 0.6) is 5.88 Å². The number of nitrogens with one attached hydrogen (secondary N) is 1. The minimum atomic E-state index is -0.857. The molecule has 0 aliphatic carbocycles. The number of thiazole rings is 1. The molecule has 3 aromatic rings. The van der Waals surface area contributed by atoms with E-state index in [0.29, 0.717) is 5.88 Å². The number of aryl methyl sites for hydroxylation is 3. The van der Waals surface area contributed by atoms with Crippen LogP contribution in [0.3, 0.4) is 0 Å². The van der Waals surface area contributed by atoms with Crippen molar-refractivity contribution in [1.29, 1.82) is 0 Å². The van der Waals surface area contributed by atoms with E-state index in [-0.39, 0.29) is 12.3 Å². The second-order valence-corrected chi connectivity index (χ2v) is 8.79. The van der Waals surface area contributed by atoms with Gasteiger partial charge in [-0.3, -0.25) is 4.79 Å². The molecule has 0 saturated carbocycles. The van der Waals surface area contributed by atoms with Crippen molar-refractivity contribution in [1.82, 2.24) is 15.0 Å². The third-order valence-corrected chi connectivity index (χ3v) is 6.60. The summed E-state index contributed by atoms with van der Waals surface area (Å²) in [4.78, 5) is 26.1. The highest BCUT2D eigenvalue weighted by Crippen LogP contribution is 2.32. The van der Waals surface area contributed by atoms with Gasteiger partial charge in [-0.2, -0.15) is 0 Å². The molecule has 2 N–H and O–H groups in total. The van der Waals surface area contributed by atoms with Gasteiger partial charge in [0.05, 0.1) is 13.5 Å². The van der Waals surface area contributed by atoms with E-state index in [1.165, 1.54) is 5.56 Å². The number of hydrogen-bond acceptors (Lipinski definition) is 7. The minimum absolute atomic E-state index is 0.0208. The van der Waals surface area contributed by atoms with Gasteiger partial charge in [0.2, 0.25) is 5.88 Å². The van der Waals surface area contributed by atoms with Crippen molar-refractivity contribution in [2.24, 2.45) is 0 Å². The first-order valence-corrected chi connectivity index (χ1v) is 11.3. The van der Waals surface area contributed by atoms with E-state index in [4.69, 9.17) is 9.72 Å². The molecule has 0 fully saturated rings. The summed E-state index contributed by atoms with van der Waals surface area (Å²) in [6.07, 6.45) is 8.55. The van der Waals surface area contributed by atoms with Crippen molar-refractivity contribution in [2.45, 2.75) is 44.4 Å². The van der Waals surface area contributed by atoms with Crippen LogP contribution in [0.25, 0.3) is 0 Å². The van der Waals surface area contributed by atoms with E-state index in [0.717, 1.165) is 65.6 Å². The molecule has 31 heavy (non-hydrogen) atoms. The lowest BCUT2D eigenvalue weighted by atomic mass is 9.98. The zero-order valence-corrected chi connectivity index (χ0v) is 18.3. The Labute approximate surface area is 185 Å². The van der Waals surface area contributed by atoms with Crippen molar-refractivity contribution in [3.63, 3.8) is 0 Å². The first-order chi connectivity index (χ1) is 15.1. The molecule has 0 bridgehead atoms. The van der Waals surface area contributed by atoms with Crippen molar-refractivity contribution >= 4 is 23.1 Å². The number of carboxylic acid groups (broad SMARTS) is 1. The van der Waals surface area contributed by atoms with Crippen LogP contribution in [0, 0.1) is 0 Å². The van der Waals surface area contributed by atoms with Crippen LogP contribution in [-0.4, -0.2) is 39.7 Å². The van der Waals surface area contributed by atoms with Gasteiger partial charge in [0.25, 0.3) is 0 Å². The van der Waals surface area contributed by atoms with Gasteiger partial charge in [0.1, 0.15) is 10.8 Å². The van der Waals surface area contributed by atoms with Crippen molar-refractivity contribution < 1.29 is 14.6 Å². The summed E-state index contributed by atoms with van der Waals surface area (Å²) in [5, 5.41) is 13.6. The number of hydrogen-bond donors (Lipinski definition) is 2. The van der Waals surface area contributed by atoms with Gasteiger partial charge in [0, 0.05) is 41.5 Å². The molecule has 1 aliphatic heterocycles. The summed E-state index contributed by atoms with van der Waals surface area (Å²) < 4.78 is 5.10. The fraction of sp³-hybridized carbons (Fsp3) is 0.391. The van der Waals surface area contributed by atoms with Crippen LogP contribution in [0.1, 0.15) is 51.9 Å². The fourth-order valence-corrected chi connectivity index (χ4v) is 4.88. The largest absolute Gasteiger partial charge is 0.481 e. The second kappa shape index (κ2) is 9.87. The van der Waals surface area contributed by atoms with Gasteiger partial charge in [-0.25, -0.2) is 15.0 Å². The number of methoxy groups -OCH3 is 1.